The van der Waals surface area contributed by atoms with Crippen LogP contribution in [0, 0.1) is 5.82 Å². The summed E-state index contributed by atoms with van der Waals surface area (Å²) in [7, 11) is 1.44. The largest absolute Gasteiger partial charge is 0.497 e. The Bertz CT molecular complexity index is 1010. The van der Waals surface area contributed by atoms with E-state index in [1.165, 1.54) is 25.3 Å². The van der Waals surface area contributed by atoms with Gasteiger partial charge in [0.1, 0.15) is 34.8 Å². The first-order valence-corrected chi connectivity index (χ1v) is 8.29. The first-order valence-electron chi connectivity index (χ1n) is 8.29. The summed E-state index contributed by atoms with van der Waals surface area (Å²) in [5.74, 6) is -1.68. The molecule has 0 fully saturated rings. The van der Waals surface area contributed by atoms with E-state index in [-0.39, 0.29) is 29.0 Å². The normalized spacial score (nSPS) is 10.5. The van der Waals surface area contributed by atoms with Crippen molar-refractivity contribution in [2.24, 2.45) is 0 Å². The molecule has 0 radical (unpaired) electrons. The maximum atomic E-state index is 14.2. The van der Waals surface area contributed by atoms with E-state index in [1.54, 1.807) is 24.3 Å². The number of methoxy groups -OCH3 is 1. The Kier molecular flexibility index (Phi) is 5.69. The molecule has 28 heavy (non-hydrogen) atoms. The minimum atomic E-state index is -0.920. The van der Waals surface area contributed by atoms with Crippen molar-refractivity contribution in [2.75, 3.05) is 7.11 Å². The van der Waals surface area contributed by atoms with E-state index >= 15 is 0 Å². The average molecular weight is 385 g/mol. The number of carbonyl (C=O) groups is 2. The standard InChI is InChI=1S/C20H16FNO6/c1-26-13-6-7-17(21)15(10-13)19-16(11-27-22-19)20(25)28-14-4-2-3-12(9-14)5-8-18(23)24/h2-4,6-7,9-11H,5,8H2,1H3,(H,23,24). The predicted molar refractivity (Wildman–Crippen MR) is 95.8 cm³/mol. The maximum absolute atomic E-state index is 14.2. The fourth-order valence-electron chi connectivity index (χ4n) is 2.57. The number of esters is 1. The van der Waals surface area contributed by atoms with Gasteiger partial charge in [0.05, 0.1) is 7.11 Å². The van der Waals surface area contributed by atoms with Crippen molar-refractivity contribution in [1.82, 2.24) is 5.16 Å². The lowest BCUT2D eigenvalue weighted by molar-refractivity contribution is -0.136. The molecule has 0 saturated carbocycles. The van der Waals surface area contributed by atoms with Gasteiger partial charge in [0, 0.05) is 12.0 Å². The summed E-state index contributed by atoms with van der Waals surface area (Å²) in [4.78, 5) is 23.2. The van der Waals surface area contributed by atoms with Crippen molar-refractivity contribution >= 4 is 11.9 Å². The maximum Gasteiger partial charge on any atom is 0.349 e. The lowest BCUT2D eigenvalue weighted by atomic mass is 10.1. The summed E-state index contributed by atoms with van der Waals surface area (Å²) in [5.41, 5.74) is 0.680. The van der Waals surface area contributed by atoms with Gasteiger partial charge in [-0.25, -0.2) is 9.18 Å². The van der Waals surface area contributed by atoms with Crippen molar-refractivity contribution in [3.63, 3.8) is 0 Å². The molecule has 0 aliphatic heterocycles. The van der Waals surface area contributed by atoms with Crippen molar-refractivity contribution in [3.8, 4) is 22.8 Å². The number of carboxylic acids is 1. The SMILES string of the molecule is COc1ccc(F)c(-c2nocc2C(=O)Oc2cccc(CCC(=O)O)c2)c1. The number of aliphatic carboxylic acids is 1. The number of aromatic nitrogens is 1. The zero-order valence-corrected chi connectivity index (χ0v) is 14.8. The van der Waals surface area contributed by atoms with Gasteiger partial charge in [-0.05, 0) is 42.3 Å². The first-order chi connectivity index (χ1) is 13.5. The van der Waals surface area contributed by atoms with Crippen LogP contribution < -0.4 is 9.47 Å². The highest BCUT2D eigenvalue weighted by molar-refractivity contribution is 5.97. The number of hydrogen-bond acceptors (Lipinski definition) is 6. The van der Waals surface area contributed by atoms with Crippen LogP contribution in [-0.2, 0) is 11.2 Å². The summed E-state index contributed by atoms with van der Waals surface area (Å²) < 4.78 is 29.5. The van der Waals surface area contributed by atoms with Crippen LogP contribution in [0.3, 0.4) is 0 Å². The Balaban J connectivity index is 1.83. The number of carbonyl (C=O) groups excluding carboxylic acids is 1. The summed E-state index contributed by atoms with van der Waals surface area (Å²) in [6.07, 6.45) is 1.33. The van der Waals surface area contributed by atoms with E-state index in [4.69, 9.17) is 19.1 Å². The lowest BCUT2D eigenvalue weighted by Gasteiger charge is -2.07. The first kappa shape index (κ1) is 19.1. The van der Waals surface area contributed by atoms with Crippen LogP contribution in [0.25, 0.3) is 11.3 Å². The van der Waals surface area contributed by atoms with E-state index in [0.717, 1.165) is 6.26 Å². The van der Waals surface area contributed by atoms with E-state index in [2.05, 4.69) is 5.16 Å². The van der Waals surface area contributed by atoms with Crippen LogP contribution in [0.5, 0.6) is 11.5 Å². The van der Waals surface area contributed by atoms with E-state index < -0.39 is 17.8 Å². The number of benzene rings is 2. The summed E-state index contributed by atoms with van der Waals surface area (Å²) in [6, 6.07) is 10.5. The highest BCUT2D eigenvalue weighted by Crippen LogP contribution is 2.29. The molecule has 0 aliphatic carbocycles. The fraction of sp³-hybridized carbons (Fsp3) is 0.150. The second-order valence-corrected chi connectivity index (χ2v) is 5.85. The van der Waals surface area contributed by atoms with Crippen LogP contribution in [0.15, 0.2) is 53.3 Å². The molecule has 0 spiro atoms. The third kappa shape index (κ3) is 4.35. The molecule has 0 atom stereocenters. The minimum absolute atomic E-state index is 0.0107. The Morgan fingerprint density at radius 3 is 2.75 bits per heavy atom. The highest BCUT2D eigenvalue weighted by Gasteiger charge is 2.22. The second kappa shape index (κ2) is 8.34. The Hall–Kier alpha value is -3.68. The average Bonchev–Trinajstić information content (AvgIpc) is 3.17. The molecule has 144 valence electrons. The molecule has 1 aromatic heterocycles. The van der Waals surface area contributed by atoms with Crippen molar-refractivity contribution in [2.45, 2.75) is 12.8 Å². The molecule has 7 nitrogen and oxygen atoms in total. The Morgan fingerprint density at radius 2 is 2.00 bits per heavy atom. The van der Waals surface area contributed by atoms with Crippen molar-refractivity contribution in [1.29, 1.82) is 0 Å². The van der Waals surface area contributed by atoms with Crippen LogP contribution in [-0.4, -0.2) is 29.3 Å². The fourth-order valence-corrected chi connectivity index (χ4v) is 2.57. The molecule has 3 aromatic rings. The van der Waals surface area contributed by atoms with Gasteiger partial charge >= 0.3 is 11.9 Å². The molecule has 0 saturated heterocycles. The molecule has 3 rings (SSSR count). The van der Waals surface area contributed by atoms with Crippen LogP contribution in [0.1, 0.15) is 22.3 Å². The van der Waals surface area contributed by atoms with Gasteiger partial charge in [0.15, 0.2) is 0 Å². The van der Waals surface area contributed by atoms with Crippen molar-refractivity contribution < 1.29 is 33.1 Å². The van der Waals surface area contributed by atoms with Crippen LogP contribution >= 0.6 is 0 Å². The molecular formula is C20H16FNO6. The van der Waals surface area contributed by atoms with Gasteiger partial charge in [-0.2, -0.15) is 0 Å². The Morgan fingerprint density at radius 1 is 1.18 bits per heavy atom. The Labute approximate surface area is 159 Å². The molecule has 0 bridgehead atoms. The van der Waals surface area contributed by atoms with Gasteiger partial charge in [-0.1, -0.05) is 17.3 Å². The van der Waals surface area contributed by atoms with Gasteiger partial charge in [0.25, 0.3) is 0 Å². The smallest absolute Gasteiger partial charge is 0.349 e. The number of aryl methyl sites for hydroxylation is 1. The molecular weight excluding hydrogens is 369 g/mol. The topological polar surface area (TPSA) is 98.9 Å². The molecule has 0 amide bonds. The number of rotatable bonds is 7. The summed E-state index contributed by atoms with van der Waals surface area (Å²) >= 11 is 0. The number of carboxylic acid groups (broad SMARTS) is 1. The number of hydrogen-bond donors (Lipinski definition) is 1. The van der Waals surface area contributed by atoms with Gasteiger partial charge in [0.2, 0.25) is 0 Å². The summed E-state index contributed by atoms with van der Waals surface area (Å²) in [6.45, 7) is 0. The lowest BCUT2D eigenvalue weighted by Crippen LogP contribution is -2.09. The third-order valence-corrected chi connectivity index (χ3v) is 3.95. The quantitative estimate of drug-likeness (QED) is 0.489. The number of nitrogens with zero attached hydrogens (tertiary/aromatic N) is 1. The molecule has 8 heteroatoms. The molecule has 0 unspecified atom stereocenters. The van der Waals surface area contributed by atoms with Crippen molar-refractivity contribution in [3.05, 3.63) is 65.7 Å². The van der Waals surface area contributed by atoms with Crippen LogP contribution in [0.2, 0.25) is 0 Å². The molecule has 1 N–H and O–H groups in total. The number of ether oxygens (including phenoxy) is 2. The van der Waals surface area contributed by atoms with E-state index in [9.17, 15) is 14.0 Å². The number of halogens is 1. The molecule has 2 aromatic carbocycles. The summed E-state index contributed by atoms with van der Waals surface area (Å²) in [5, 5.41) is 12.5. The van der Waals surface area contributed by atoms with Gasteiger partial charge in [-0.3, -0.25) is 4.79 Å². The third-order valence-electron chi connectivity index (χ3n) is 3.95. The van der Waals surface area contributed by atoms with E-state index in [1.807, 2.05) is 0 Å². The van der Waals surface area contributed by atoms with Gasteiger partial charge < -0.3 is 19.1 Å². The monoisotopic (exact) mass is 385 g/mol. The predicted octanol–water partition coefficient (Wildman–Crippen LogP) is 3.73. The second-order valence-electron chi connectivity index (χ2n) is 5.85. The minimum Gasteiger partial charge on any atom is -0.497 e. The molecule has 1 heterocycles. The van der Waals surface area contributed by atoms with Crippen LogP contribution in [0.4, 0.5) is 4.39 Å². The molecule has 0 aliphatic rings. The van der Waals surface area contributed by atoms with E-state index in [0.29, 0.717) is 17.7 Å². The highest BCUT2D eigenvalue weighted by atomic mass is 19.1. The zero-order valence-electron chi connectivity index (χ0n) is 14.8. The zero-order chi connectivity index (χ0) is 20.1. The van der Waals surface area contributed by atoms with Gasteiger partial charge in [-0.15, -0.1) is 0 Å².